The average Bonchev–Trinajstić information content (AvgIpc) is 2.60. The molecule has 0 bridgehead atoms. The molecule has 0 spiro atoms. The molecule has 1 atom stereocenters. The molecule has 1 aliphatic rings. The van der Waals surface area contributed by atoms with Crippen molar-refractivity contribution in [2.75, 3.05) is 6.61 Å². The van der Waals surface area contributed by atoms with Gasteiger partial charge in [0.1, 0.15) is 11.7 Å². The first-order chi connectivity index (χ1) is 13.6. The molecule has 10 heteroatoms. The van der Waals surface area contributed by atoms with E-state index in [0.29, 0.717) is 6.42 Å². The summed E-state index contributed by atoms with van der Waals surface area (Å²) in [5, 5.41) is 14.5. The average molecular weight is 414 g/mol. The summed E-state index contributed by atoms with van der Waals surface area (Å²) in [4.78, 5) is 23.7. The van der Waals surface area contributed by atoms with E-state index in [1.807, 2.05) is 6.92 Å². The lowest BCUT2D eigenvalue weighted by molar-refractivity contribution is -0.431. The van der Waals surface area contributed by atoms with Crippen LogP contribution in [0.2, 0.25) is 0 Å². The van der Waals surface area contributed by atoms with Crippen LogP contribution >= 0.6 is 0 Å². The summed E-state index contributed by atoms with van der Waals surface area (Å²) >= 11 is 0. The zero-order valence-electron chi connectivity index (χ0n) is 16.1. The number of para-hydroxylation sites is 1. The number of esters is 1. The maximum Gasteiger partial charge on any atom is 0.573 e. The van der Waals surface area contributed by atoms with Gasteiger partial charge in [-0.2, -0.15) is 0 Å². The zero-order chi connectivity index (χ0) is 21.8. The van der Waals surface area contributed by atoms with Crippen molar-refractivity contribution in [3.05, 3.63) is 62.6 Å². The van der Waals surface area contributed by atoms with Crippen molar-refractivity contribution >= 4 is 5.97 Å². The Morgan fingerprint density at radius 3 is 2.48 bits per heavy atom. The maximum absolute atomic E-state index is 12.9. The SMILES string of the molecule is CCCCOC(=O)C1=C(C)NC(C)=C([N+](=O)[O-])C1c1ccccc1OC(F)(F)F. The van der Waals surface area contributed by atoms with Gasteiger partial charge in [0.15, 0.2) is 0 Å². The molecule has 1 unspecified atom stereocenters. The van der Waals surface area contributed by atoms with E-state index in [4.69, 9.17) is 4.74 Å². The molecule has 0 fully saturated rings. The topological polar surface area (TPSA) is 90.7 Å². The molecule has 0 saturated carbocycles. The second-order valence-corrected chi connectivity index (χ2v) is 6.44. The lowest BCUT2D eigenvalue weighted by Gasteiger charge is -2.27. The Morgan fingerprint density at radius 1 is 1.24 bits per heavy atom. The summed E-state index contributed by atoms with van der Waals surface area (Å²) in [5.74, 6) is -2.84. The van der Waals surface area contributed by atoms with Crippen LogP contribution in [0.4, 0.5) is 13.2 Å². The molecule has 2 rings (SSSR count). The predicted molar refractivity (Wildman–Crippen MR) is 97.3 cm³/mol. The molecule has 1 N–H and O–H groups in total. The summed E-state index contributed by atoms with van der Waals surface area (Å²) in [6.07, 6.45) is -3.66. The van der Waals surface area contributed by atoms with Gasteiger partial charge in [-0.3, -0.25) is 10.1 Å². The van der Waals surface area contributed by atoms with Gasteiger partial charge < -0.3 is 14.8 Å². The van der Waals surface area contributed by atoms with E-state index in [1.165, 1.54) is 32.0 Å². The number of rotatable bonds is 7. The quantitative estimate of drug-likeness (QED) is 0.308. The summed E-state index contributed by atoms with van der Waals surface area (Å²) < 4.78 is 47.9. The van der Waals surface area contributed by atoms with Crippen molar-refractivity contribution in [3.8, 4) is 5.75 Å². The van der Waals surface area contributed by atoms with E-state index >= 15 is 0 Å². The Hall–Kier alpha value is -3.04. The number of nitro groups is 1. The van der Waals surface area contributed by atoms with Crippen LogP contribution in [0.25, 0.3) is 0 Å². The van der Waals surface area contributed by atoms with E-state index < -0.39 is 34.6 Å². The Bertz CT molecular complexity index is 862. The Balaban J connectivity index is 2.62. The van der Waals surface area contributed by atoms with Crippen molar-refractivity contribution < 1.29 is 32.4 Å². The highest BCUT2D eigenvalue weighted by Crippen LogP contribution is 2.43. The van der Waals surface area contributed by atoms with Crippen LogP contribution in [0.1, 0.15) is 45.1 Å². The lowest BCUT2D eigenvalue weighted by atomic mass is 9.83. The number of carbonyl (C=O) groups is 1. The van der Waals surface area contributed by atoms with E-state index in [0.717, 1.165) is 12.5 Å². The normalized spacial score (nSPS) is 17.1. The van der Waals surface area contributed by atoms with Crippen LogP contribution in [0, 0.1) is 10.1 Å². The molecule has 1 aliphatic heterocycles. The Morgan fingerprint density at radius 2 is 1.90 bits per heavy atom. The fourth-order valence-electron chi connectivity index (χ4n) is 3.12. The largest absolute Gasteiger partial charge is 0.573 e. The number of benzene rings is 1. The summed E-state index contributed by atoms with van der Waals surface area (Å²) in [6.45, 7) is 4.92. The minimum absolute atomic E-state index is 0.0933. The number of ether oxygens (including phenoxy) is 2. The first-order valence-corrected chi connectivity index (χ1v) is 8.91. The monoisotopic (exact) mass is 414 g/mol. The molecule has 0 aliphatic carbocycles. The van der Waals surface area contributed by atoms with Gasteiger partial charge in [-0.25, -0.2) is 4.79 Å². The van der Waals surface area contributed by atoms with Gasteiger partial charge in [0.05, 0.1) is 22.8 Å². The number of halogens is 3. The molecule has 0 amide bonds. The number of hydrogen-bond acceptors (Lipinski definition) is 6. The van der Waals surface area contributed by atoms with Gasteiger partial charge in [0, 0.05) is 11.3 Å². The number of alkyl halides is 3. The fraction of sp³-hybridized carbons (Fsp3) is 0.421. The van der Waals surface area contributed by atoms with Crippen LogP contribution in [-0.4, -0.2) is 23.9 Å². The molecule has 0 saturated heterocycles. The molecular formula is C19H21F3N2O5. The second kappa shape index (κ2) is 8.97. The van der Waals surface area contributed by atoms with Crippen LogP contribution in [0.5, 0.6) is 5.75 Å². The van der Waals surface area contributed by atoms with Crippen LogP contribution in [0.15, 0.2) is 46.9 Å². The molecule has 158 valence electrons. The third-order valence-corrected chi connectivity index (χ3v) is 4.33. The number of nitrogens with zero attached hydrogens (tertiary/aromatic N) is 1. The molecule has 1 heterocycles. The Labute approximate surface area is 165 Å². The number of carbonyl (C=O) groups excluding carboxylic acids is 1. The van der Waals surface area contributed by atoms with Gasteiger partial charge in [0.25, 0.3) is 5.70 Å². The number of allylic oxidation sites excluding steroid dienone is 3. The standard InChI is InChI=1S/C19H21F3N2O5/c1-4-5-10-28-18(25)15-11(2)23-12(3)17(24(26)27)16(15)13-8-6-7-9-14(13)29-19(20,21)22/h6-9,16,23H,4-5,10H2,1-3H3. The minimum atomic E-state index is -5.00. The number of nitrogens with one attached hydrogen (secondary N) is 1. The fourth-order valence-corrected chi connectivity index (χ4v) is 3.12. The number of dihydropyridines is 1. The lowest BCUT2D eigenvalue weighted by Crippen LogP contribution is -2.32. The summed E-state index contributed by atoms with van der Waals surface area (Å²) in [5.41, 5.74) is -0.349. The van der Waals surface area contributed by atoms with Crippen molar-refractivity contribution in [3.63, 3.8) is 0 Å². The highest BCUT2D eigenvalue weighted by molar-refractivity contribution is 5.92. The van der Waals surface area contributed by atoms with Crippen molar-refractivity contribution in [2.24, 2.45) is 0 Å². The molecule has 29 heavy (non-hydrogen) atoms. The molecule has 7 nitrogen and oxygen atoms in total. The van der Waals surface area contributed by atoms with E-state index in [2.05, 4.69) is 10.1 Å². The molecule has 0 aromatic heterocycles. The highest BCUT2D eigenvalue weighted by Gasteiger charge is 2.43. The molecule has 0 radical (unpaired) electrons. The third-order valence-electron chi connectivity index (χ3n) is 4.33. The molecule has 1 aromatic carbocycles. The van der Waals surface area contributed by atoms with Gasteiger partial charge in [-0.1, -0.05) is 31.5 Å². The van der Waals surface area contributed by atoms with Crippen molar-refractivity contribution in [1.29, 1.82) is 0 Å². The van der Waals surface area contributed by atoms with Crippen LogP contribution in [-0.2, 0) is 9.53 Å². The van der Waals surface area contributed by atoms with Gasteiger partial charge in [0.2, 0.25) is 0 Å². The first-order valence-electron chi connectivity index (χ1n) is 8.91. The first kappa shape index (κ1) is 22.3. The minimum Gasteiger partial charge on any atom is -0.462 e. The van der Waals surface area contributed by atoms with Gasteiger partial charge in [-0.15, -0.1) is 13.2 Å². The zero-order valence-corrected chi connectivity index (χ0v) is 16.1. The Kier molecular flexibility index (Phi) is 6.89. The third kappa shape index (κ3) is 5.27. The summed E-state index contributed by atoms with van der Waals surface area (Å²) in [7, 11) is 0. The van der Waals surface area contributed by atoms with E-state index in [9.17, 15) is 28.1 Å². The number of unbranched alkanes of at least 4 members (excludes halogenated alkanes) is 1. The van der Waals surface area contributed by atoms with Crippen LogP contribution < -0.4 is 10.1 Å². The summed E-state index contributed by atoms with van der Waals surface area (Å²) in [6, 6.07) is 5.04. The van der Waals surface area contributed by atoms with E-state index in [1.54, 1.807) is 0 Å². The van der Waals surface area contributed by atoms with Gasteiger partial charge >= 0.3 is 12.3 Å². The number of hydrogen-bond donors (Lipinski definition) is 1. The maximum atomic E-state index is 12.9. The van der Waals surface area contributed by atoms with Crippen molar-refractivity contribution in [1.82, 2.24) is 5.32 Å². The van der Waals surface area contributed by atoms with Gasteiger partial charge in [-0.05, 0) is 26.3 Å². The predicted octanol–water partition coefficient (Wildman–Crippen LogP) is 4.40. The highest BCUT2D eigenvalue weighted by atomic mass is 19.4. The van der Waals surface area contributed by atoms with Crippen molar-refractivity contribution in [2.45, 2.75) is 45.9 Å². The molecular weight excluding hydrogens is 393 g/mol. The van der Waals surface area contributed by atoms with Crippen LogP contribution in [0.3, 0.4) is 0 Å². The second-order valence-electron chi connectivity index (χ2n) is 6.44. The molecule has 1 aromatic rings. The smallest absolute Gasteiger partial charge is 0.462 e. The van der Waals surface area contributed by atoms with E-state index in [-0.39, 0.29) is 29.1 Å².